The highest BCUT2D eigenvalue weighted by atomic mass is 16.7. The minimum atomic E-state index is -1.01. The molecule has 0 aliphatic heterocycles. The second-order valence-electron chi connectivity index (χ2n) is 2.92. The van der Waals surface area contributed by atoms with E-state index in [-0.39, 0.29) is 6.61 Å². The molecule has 14 heavy (non-hydrogen) atoms. The number of carbonyl (C=O) groups is 1. The normalized spacial score (nSPS) is 9.86. The first kappa shape index (κ1) is 10.5. The standard InChI is InChI=1S/C9H12N2O3/c1-6-3-8(4-7(2)10-6)11-14-5-9(12)13/h3-4H,5H2,1-2H3,(H,10,11)(H,12,13). The lowest BCUT2D eigenvalue weighted by atomic mass is 10.3. The smallest absolute Gasteiger partial charge is 0.332 e. The highest BCUT2D eigenvalue weighted by Crippen LogP contribution is 2.10. The van der Waals surface area contributed by atoms with E-state index in [0.717, 1.165) is 11.4 Å². The number of aromatic nitrogens is 1. The molecule has 2 N–H and O–H groups in total. The molecule has 0 radical (unpaired) electrons. The SMILES string of the molecule is Cc1cc(NOCC(=O)O)cc(C)n1. The largest absolute Gasteiger partial charge is 0.479 e. The fourth-order valence-electron chi connectivity index (χ4n) is 1.07. The van der Waals surface area contributed by atoms with Gasteiger partial charge in [-0.25, -0.2) is 4.79 Å². The summed E-state index contributed by atoms with van der Waals surface area (Å²) < 4.78 is 0. The van der Waals surface area contributed by atoms with Crippen molar-refractivity contribution in [2.24, 2.45) is 0 Å². The van der Waals surface area contributed by atoms with E-state index in [1.54, 1.807) is 12.1 Å². The van der Waals surface area contributed by atoms with Gasteiger partial charge in [-0.2, -0.15) is 0 Å². The second-order valence-corrected chi connectivity index (χ2v) is 2.92. The summed E-state index contributed by atoms with van der Waals surface area (Å²) in [6.45, 7) is 3.34. The third kappa shape index (κ3) is 3.40. The Bertz CT molecular complexity index is 319. The van der Waals surface area contributed by atoms with Crippen LogP contribution in [-0.2, 0) is 9.63 Å². The van der Waals surface area contributed by atoms with Crippen LogP contribution < -0.4 is 5.48 Å². The Morgan fingerprint density at radius 1 is 1.50 bits per heavy atom. The number of aryl methyl sites for hydroxylation is 2. The third-order valence-electron chi connectivity index (χ3n) is 1.47. The van der Waals surface area contributed by atoms with Gasteiger partial charge in [-0.05, 0) is 26.0 Å². The van der Waals surface area contributed by atoms with Crippen LogP contribution in [0.1, 0.15) is 11.4 Å². The van der Waals surface area contributed by atoms with Crippen LogP contribution in [-0.4, -0.2) is 22.7 Å². The zero-order valence-corrected chi connectivity index (χ0v) is 8.07. The van der Waals surface area contributed by atoms with Crippen LogP contribution in [0.5, 0.6) is 0 Å². The van der Waals surface area contributed by atoms with Gasteiger partial charge in [0.25, 0.3) is 0 Å². The summed E-state index contributed by atoms with van der Waals surface area (Å²) in [6, 6.07) is 3.55. The molecule has 0 bridgehead atoms. The maximum atomic E-state index is 10.1. The van der Waals surface area contributed by atoms with Crippen LogP contribution in [0, 0.1) is 13.8 Å². The molecule has 1 aromatic heterocycles. The van der Waals surface area contributed by atoms with Gasteiger partial charge in [0.05, 0.1) is 5.69 Å². The molecule has 0 aliphatic carbocycles. The first-order chi connectivity index (χ1) is 6.58. The summed E-state index contributed by atoms with van der Waals surface area (Å²) in [5.41, 5.74) is 4.95. The topological polar surface area (TPSA) is 71.5 Å². The average molecular weight is 196 g/mol. The van der Waals surface area contributed by atoms with Gasteiger partial charge in [0.1, 0.15) is 0 Å². The predicted octanol–water partition coefficient (Wildman–Crippen LogP) is 1.13. The number of carboxylic acid groups (broad SMARTS) is 1. The van der Waals surface area contributed by atoms with Gasteiger partial charge in [-0.3, -0.25) is 15.3 Å². The lowest BCUT2D eigenvalue weighted by Gasteiger charge is -2.06. The van der Waals surface area contributed by atoms with Crippen molar-refractivity contribution in [3.63, 3.8) is 0 Å². The zero-order chi connectivity index (χ0) is 10.6. The fourth-order valence-corrected chi connectivity index (χ4v) is 1.07. The summed E-state index contributed by atoms with van der Waals surface area (Å²) in [5, 5.41) is 8.32. The minimum Gasteiger partial charge on any atom is -0.479 e. The first-order valence-electron chi connectivity index (χ1n) is 4.13. The summed E-state index contributed by atoms with van der Waals surface area (Å²) >= 11 is 0. The molecule has 0 saturated carbocycles. The van der Waals surface area contributed by atoms with Crippen molar-refractivity contribution in [2.75, 3.05) is 12.1 Å². The van der Waals surface area contributed by atoms with Crippen molar-refractivity contribution in [1.82, 2.24) is 4.98 Å². The molecule has 1 aromatic rings. The summed E-state index contributed by atoms with van der Waals surface area (Å²) in [5.74, 6) is -1.01. The van der Waals surface area contributed by atoms with Gasteiger partial charge in [-0.1, -0.05) is 0 Å². The maximum Gasteiger partial charge on any atom is 0.332 e. The molecule has 0 aliphatic rings. The number of rotatable bonds is 4. The van der Waals surface area contributed by atoms with Crippen molar-refractivity contribution < 1.29 is 14.7 Å². The summed E-state index contributed by atoms with van der Waals surface area (Å²) in [7, 11) is 0. The number of nitrogens with zero attached hydrogens (tertiary/aromatic N) is 1. The van der Waals surface area contributed by atoms with E-state index in [1.165, 1.54) is 0 Å². The van der Waals surface area contributed by atoms with Crippen molar-refractivity contribution >= 4 is 11.7 Å². The molecule has 0 atom stereocenters. The van der Waals surface area contributed by atoms with Crippen molar-refractivity contribution in [2.45, 2.75) is 13.8 Å². The number of carboxylic acids is 1. The first-order valence-corrected chi connectivity index (χ1v) is 4.13. The molecule has 0 amide bonds. The Morgan fingerprint density at radius 2 is 2.07 bits per heavy atom. The van der Waals surface area contributed by atoms with Crippen LogP contribution >= 0.6 is 0 Å². The van der Waals surface area contributed by atoms with Gasteiger partial charge in [0.15, 0.2) is 6.61 Å². The molecule has 1 heterocycles. The van der Waals surface area contributed by atoms with E-state index in [9.17, 15) is 4.79 Å². The molecule has 1 rings (SSSR count). The van der Waals surface area contributed by atoms with E-state index in [0.29, 0.717) is 5.69 Å². The molecular formula is C9H12N2O3. The molecule has 0 spiro atoms. The van der Waals surface area contributed by atoms with Crippen LogP contribution in [0.15, 0.2) is 12.1 Å². The third-order valence-corrected chi connectivity index (χ3v) is 1.47. The monoisotopic (exact) mass is 196 g/mol. The number of aliphatic carboxylic acids is 1. The Morgan fingerprint density at radius 3 is 2.57 bits per heavy atom. The molecule has 0 saturated heterocycles. The lowest BCUT2D eigenvalue weighted by Crippen LogP contribution is -2.11. The fraction of sp³-hybridized carbons (Fsp3) is 0.333. The number of anilines is 1. The van der Waals surface area contributed by atoms with E-state index < -0.39 is 5.97 Å². The van der Waals surface area contributed by atoms with Gasteiger partial charge >= 0.3 is 5.97 Å². The van der Waals surface area contributed by atoms with Crippen molar-refractivity contribution in [3.8, 4) is 0 Å². The number of nitrogens with one attached hydrogen (secondary N) is 1. The lowest BCUT2D eigenvalue weighted by molar-refractivity contribution is -0.141. The van der Waals surface area contributed by atoms with E-state index in [2.05, 4.69) is 10.5 Å². The minimum absolute atomic E-state index is 0.375. The quantitative estimate of drug-likeness (QED) is 0.706. The van der Waals surface area contributed by atoms with Gasteiger partial charge in [-0.15, -0.1) is 0 Å². The molecule has 5 nitrogen and oxygen atoms in total. The summed E-state index contributed by atoms with van der Waals surface area (Å²) in [6.07, 6.45) is 0. The van der Waals surface area contributed by atoms with E-state index in [1.807, 2.05) is 13.8 Å². The van der Waals surface area contributed by atoms with Gasteiger partial charge in [0.2, 0.25) is 0 Å². The van der Waals surface area contributed by atoms with E-state index >= 15 is 0 Å². The Balaban J connectivity index is 2.54. The molecule has 0 fully saturated rings. The predicted molar refractivity (Wildman–Crippen MR) is 50.9 cm³/mol. The molecule has 0 unspecified atom stereocenters. The molecule has 0 aromatic carbocycles. The summed E-state index contributed by atoms with van der Waals surface area (Å²) in [4.78, 5) is 19.0. The van der Waals surface area contributed by atoms with E-state index in [4.69, 9.17) is 9.94 Å². The van der Waals surface area contributed by atoms with Gasteiger partial charge in [0, 0.05) is 11.4 Å². The number of hydrogen-bond donors (Lipinski definition) is 2. The Labute approximate surface area is 81.7 Å². The molecular weight excluding hydrogens is 184 g/mol. The highest BCUT2D eigenvalue weighted by molar-refractivity contribution is 5.68. The van der Waals surface area contributed by atoms with Crippen molar-refractivity contribution in [1.29, 1.82) is 0 Å². The molecule has 5 heteroatoms. The maximum absolute atomic E-state index is 10.1. The number of pyridine rings is 1. The van der Waals surface area contributed by atoms with Crippen molar-refractivity contribution in [3.05, 3.63) is 23.5 Å². The average Bonchev–Trinajstić information content (AvgIpc) is 2.01. The van der Waals surface area contributed by atoms with Crippen LogP contribution in [0.2, 0.25) is 0 Å². The Kier molecular flexibility index (Phi) is 3.41. The number of hydrogen-bond acceptors (Lipinski definition) is 4. The second kappa shape index (κ2) is 4.57. The van der Waals surface area contributed by atoms with Crippen LogP contribution in [0.4, 0.5) is 5.69 Å². The molecule has 76 valence electrons. The van der Waals surface area contributed by atoms with Gasteiger partial charge < -0.3 is 5.11 Å². The highest BCUT2D eigenvalue weighted by Gasteiger charge is 1.98. The zero-order valence-electron chi connectivity index (χ0n) is 8.07. The van der Waals surface area contributed by atoms with Crippen LogP contribution in [0.3, 0.4) is 0 Å². The van der Waals surface area contributed by atoms with Crippen LogP contribution in [0.25, 0.3) is 0 Å². The Hall–Kier alpha value is -1.62.